The summed E-state index contributed by atoms with van der Waals surface area (Å²) in [6, 6.07) is 20.2. The van der Waals surface area contributed by atoms with Crippen LogP contribution in [0.1, 0.15) is 27.0 Å². The number of nitrogens with one attached hydrogen (secondary N) is 1. The number of aldehydes is 1. The van der Waals surface area contributed by atoms with Crippen molar-refractivity contribution in [2.45, 2.75) is 12.5 Å². The molecule has 1 amide bonds. The number of carbonyl (C=O) groups is 2. The van der Waals surface area contributed by atoms with E-state index in [0.717, 1.165) is 23.0 Å². The van der Waals surface area contributed by atoms with Gasteiger partial charge in [0.15, 0.2) is 0 Å². The molecule has 3 aromatic rings. The molecule has 1 atom stereocenters. The summed E-state index contributed by atoms with van der Waals surface area (Å²) >= 11 is 0. The van der Waals surface area contributed by atoms with E-state index in [4.69, 9.17) is 0 Å². The first-order valence-electron chi connectivity index (χ1n) is 8.73. The Morgan fingerprint density at radius 1 is 0.926 bits per heavy atom. The maximum Gasteiger partial charge on any atom is 0.252 e. The summed E-state index contributed by atoms with van der Waals surface area (Å²) in [5, 5.41) is 2.82. The van der Waals surface area contributed by atoms with Gasteiger partial charge in [-0.3, -0.25) is 9.78 Å². The van der Waals surface area contributed by atoms with Gasteiger partial charge in [0.05, 0.1) is 6.04 Å². The average Bonchev–Trinajstić information content (AvgIpc) is 2.73. The highest BCUT2D eigenvalue weighted by molar-refractivity contribution is 5.99. The largest absolute Gasteiger partial charge is 0.342 e. The maximum atomic E-state index is 12.7. The van der Waals surface area contributed by atoms with Crippen LogP contribution in [0.2, 0.25) is 0 Å². The first-order chi connectivity index (χ1) is 13.3. The monoisotopic (exact) mass is 356 g/mol. The minimum atomic E-state index is -0.572. The third-order valence-corrected chi connectivity index (χ3v) is 4.15. The number of nitrogens with zero attached hydrogens (tertiary/aromatic N) is 1. The van der Waals surface area contributed by atoms with Crippen molar-refractivity contribution in [2.24, 2.45) is 0 Å². The van der Waals surface area contributed by atoms with Gasteiger partial charge in [-0.15, -0.1) is 0 Å². The van der Waals surface area contributed by atoms with Gasteiger partial charge in [-0.25, -0.2) is 0 Å². The zero-order chi connectivity index (χ0) is 18.9. The van der Waals surface area contributed by atoms with Crippen LogP contribution in [-0.4, -0.2) is 23.2 Å². The number of carbonyl (C=O) groups excluding carboxylic acids is 2. The molecule has 1 heterocycles. The lowest BCUT2D eigenvalue weighted by molar-refractivity contribution is -0.109. The number of benzene rings is 2. The number of amides is 1. The standard InChI is InChI=1S/C23H20N2O2/c26-17-21(16-19-6-2-1-3-7-19)25-23(27)22-9-5-4-8-20(22)11-10-18-12-14-24-15-13-18/h1-15,17,21H,16H2,(H,25,27). The van der Waals surface area contributed by atoms with E-state index in [9.17, 15) is 9.59 Å². The van der Waals surface area contributed by atoms with E-state index >= 15 is 0 Å². The van der Waals surface area contributed by atoms with Crippen LogP contribution in [0.4, 0.5) is 0 Å². The molecule has 0 aliphatic rings. The highest BCUT2D eigenvalue weighted by Gasteiger charge is 2.15. The van der Waals surface area contributed by atoms with E-state index < -0.39 is 6.04 Å². The second-order valence-electron chi connectivity index (χ2n) is 6.11. The quantitative estimate of drug-likeness (QED) is 0.655. The van der Waals surface area contributed by atoms with Crippen molar-refractivity contribution in [3.63, 3.8) is 0 Å². The molecular weight excluding hydrogens is 336 g/mol. The molecule has 0 fully saturated rings. The molecule has 0 spiro atoms. The SMILES string of the molecule is O=CC(Cc1ccccc1)NC(=O)c1ccccc1C=Cc1ccncc1. The van der Waals surface area contributed by atoms with Crippen LogP contribution in [0.15, 0.2) is 79.1 Å². The molecule has 0 saturated carbocycles. The number of hydrogen-bond donors (Lipinski definition) is 1. The maximum absolute atomic E-state index is 12.7. The van der Waals surface area contributed by atoms with E-state index in [2.05, 4.69) is 10.3 Å². The molecule has 0 bridgehead atoms. The average molecular weight is 356 g/mol. The Kier molecular flexibility index (Phi) is 6.26. The summed E-state index contributed by atoms with van der Waals surface area (Å²) in [6.45, 7) is 0. The summed E-state index contributed by atoms with van der Waals surface area (Å²) in [5.74, 6) is -0.266. The first kappa shape index (κ1) is 18.3. The lowest BCUT2D eigenvalue weighted by Crippen LogP contribution is -2.37. The normalized spacial score (nSPS) is 11.9. The molecule has 0 aliphatic carbocycles. The highest BCUT2D eigenvalue weighted by Crippen LogP contribution is 2.14. The second-order valence-corrected chi connectivity index (χ2v) is 6.11. The van der Waals surface area contributed by atoms with Crippen molar-refractivity contribution < 1.29 is 9.59 Å². The minimum absolute atomic E-state index is 0.266. The second kappa shape index (κ2) is 9.25. The Balaban J connectivity index is 1.74. The fourth-order valence-electron chi connectivity index (χ4n) is 2.76. The van der Waals surface area contributed by atoms with Crippen molar-refractivity contribution in [1.29, 1.82) is 0 Å². The Labute approximate surface area is 158 Å². The molecule has 1 N–H and O–H groups in total. The third-order valence-electron chi connectivity index (χ3n) is 4.15. The number of aromatic nitrogens is 1. The summed E-state index contributed by atoms with van der Waals surface area (Å²) in [5.41, 5.74) is 3.31. The van der Waals surface area contributed by atoms with E-state index in [1.165, 1.54) is 0 Å². The Morgan fingerprint density at radius 3 is 2.37 bits per heavy atom. The van der Waals surface area contributed by atoms with Gasteiger partial charge in [-0.05, 0) is 41.3 Å². The highest BCUT2D eigenvalue weighted by atomic mass is 16.2. The molecule has 2 aromatic carbocycles. The molecular formula is C23H20N2O2. The van der Waals surface area contributed by atoms with Gasteiger partial charge in [0.25, 0.3) is 5.91 Å². The Bertz CT molecular complexity index is 921. The van der Waals surface area contributed by atoms with Gasteiger partial charge in [-0.1, -0.05) is 60.7 Å². The number of rotatable bonds is 7. The zero-order valence-electron chi connectivity index (χ0n) is 14.8. The lowest BCUT2D eigenvalue weighted by atomic mass is 10.0. The molecule has 27 heavy (non-hydrogen) atoms. The Hall–Kier alpha value is -3.53. The molecule has 0 radical (unpaired) electrons. The van der Waals surface area contributed by atoms with Gasteiger partial charge >= 0.3 is 0 Å². The molecule has 0 saturated heterocycles. The van der Waals surface area contributed by atoms with Crippen LogP contribution in [0.3, 0.4) is 0 Å². The van der Waals surface area contributed by atoms with Gasteiger partial charge in [-0.2, -0.15) is 0 Å². The molecule has 134 valence electrons. The zero-order valence-corrected chi connectivity index (χ0v) is 14.8. The molecule has 1 aromatic heterocycles. The van der Waals surface area contributed by atoms with Gasteiger partial charge in [0.2, 0.25) is 0 Å². The van der Waals surface area contributed by atoms with Crippen molar-refractivity contribution in [3.05, 3.63) is 101 Å². The number of pyridine rings is 1. The van der Waals surface area contributed by atoms with Crippen LogP contribution in [-0.2, 0) is 11.2 Å². The number of hydrogen-bond acceptors (Lipinski definition) is 3. The summed E-state index contributed by atoms with van der Waals surface area (Å²) in [6.07, 6.45) is 8.49. The predicted octanol–water partition coefficient (Wildman–Crippen LogP) is 3.79. The van der Waals surface area contributed by atoms with Crippen molar-refractivity contribution in [1.82, 2.24) is 10.3 Å². The smallest absolute Gasteiger partial charge is 0.252 e. The minimum Gasteiger partial charge on any atom is -0.342 e. The molecule has 0 aliphatic heterocycles. The summed E-state index contributed by atoms with van der Waals surface area (Å²) < 4.78 is 0. The first-order valence-corrected chi connectivity index (χ1v) is 8.73. The van der Waals surface area contributed by atoms with Gasteiger partial charge in [0.1, 0.15) is 6.29 Å². The molecule has 3 rings (SSSR count). The molecule has 1 unspecified atom stereocenters. The van der Waals surface area contributed by atoms with Gasteiger partial charge < -0.3 is 10.1 Å². The van der Waals surface area contributed by atoms with E-state index in [1.54, 1.807) is 18.5 Å². The van der Waals surface area contributed by atoms with Crippen molar-refractivity contribution >= 4 is 24.3 Å². The molecule has 4 heteroatoms. The van der Waals surface area contributed by atoms with Crippen LogP contribution in [0.5, 0.6) is 0 Å². The van der Waals surface area contributed by atoms with E-state index in [1.807, 2.05) is 72.8 Å². The molecule has 4 nitrogen and oxygen atoms in total. The van der Waals surface area contributed by atoms with E-state index in [0.29, 0.717) is 12.0 Å². The fourth-order valence-corrected chi connectivity index (χ4v) is 2.76. The van der Waals surface area contributed by atoms with Crippen LogP contribution < -0.4 is 5.32 Å². The predicted molar refractivity (Wildman–Crippen MR) is 107 cm³/mol. The summed E-state index contributed by atoms with van der Waals surface area (Å²) in [4.78, 5) is 28.2. The topological polar surface area (TPSA) is 59.1 Å². The fraction of sp³-hybridized carbons (Fsp3) is 0.0870. The third kappa shape index (κ3) is 5.22. The lowest BCUT2D eigenvalue weighted by Gasteiger charge is -2.14. The summed E-state index contributed by atoms with van der Waals surface area (Å²) in [7, 11) is 0. The van der Waals surface area contributed by atoms with Crippen molar-refractivity contribution in [3.8, 4) is 0 Å². The van der Waals surface area contributed by atoms with Crippen LogP contribution in [0.25, 0.3) is 12.2 Å². The van der Waals surface area contributed by atoms with Crippen LogP contribution >= 0.6 is 0 Å². The van der Waals surface area contributed by atoms with E-state index in [-0.39, 0.29) is 5.91 Å². The van der Waals surface area contributed by atoms with Crippen LogP contribution in [0, 0.1) is 0 Å². The Morgan fingerprint density at radius 2 is 1.63 bits per heavy atom. The van der Waals surface area contributed by atoms with Crippen molar-refractivity contribution in [2.75, 3.05) is 0 Å². The van der Waals surface area contributed by atoms with Gasteiger partial charge in [0, 0.05) is 18.0 Å².